The van der Waals surface area contributed by atoms with Crippen LogP contribution in [0.25, 0.3) is 0 Å². The smallest absolute Gasteiger partial charge is 0.232 e. The average molecular weight is 375 g/mol. The lowest BCUT2D eigenvalue weighted by Crippen LogP contribution is -2.32. The van der Waals surface area contributed by atoms with Gasteiger partial charge in [0.1, 0.15) is 0 Å². The molecule has 0 spiro atoms. The Hall–Kier alpha value is -2.41. The van der Waals surface area contributed by atoms with Gasteiger partial charge in [-0.15, -0.1) is 0 Å². The van der Waals surface area contributed by atoms with Crippen LogP contribution in [0.3, 0.4) is 0 Å². The van der Waals surface area contributed by atoms with Crippen LogP contribution >= 0.6 is 0 Å². The maximum atomic E-state index is 12.2. The first-order chi connectivity index (χ1) is 12.3. The maximum absolute atomic E-state index is 12.2. The summed E-state index contributed by atoms with van der Waals surface area (Å²) < 4.78 is 25.8. The van der Waals surface area contributed by atoms with Crippen LogP contribution in [0.15, 0.2) is 42.6 Å². The molecule has 1 N–H and O–H groups in total. The lowest BCUT2D eigenvalue weighted by Gasteiger charge is -2.24. The van der Waals surface area contributed by atoms with Crippen molar-refractivity contribution >= 4 is 21.6 Å². The molecular formula is C19H25N3O3S. The van der Waals surface area contributed by atoms with Gasteiger partial charge in [-0.1, -0.05) is 18.2 Å². The predicted octanol–water partition coefficient (Wildman–Crippen LogP) is 2.56. The Morgan fingerprint density at radius 2 is 1.96 bits per heavy atom. The largest absolute Gasteiger partial charge is 0.350 e. The molecule has 2 rings (SSSR count). The number of benzene rings is 1. The van der Waals surface area contributed by atoms with Crippen molar-refractivity contribution in [3.8, 4) is 0 Å². The molecule has 1 aromatic carbocycles. The van der Waals surface area contributed by atoms with Crippen LogP contribution in [-0.4, -0.2) is 32.1 Å². The number of aromatic nitrogens is 1. The number of carbonyl (C=O) groups is 1. The molecule has 26 heavy (non-hydrogen) atoms. The summed E-state index contributed by atoms with van der Waals surface area (Å²) in [5.74, 6) is -0.120. The van der Waals surface area contributed by atoms with Crippen LogP contribution in [0.4, 0.5) is 5.69 Å². The second kappa shape index (κ2) is 8.80. The van der Waals surface area contributed by atoms with Gasteiger partial charge in [0.25, 0.3) is 0 Å². The van der Waals surface area contributed by atoms with Crippen LogP contribution in [0.2, 0.25) is 0 Å². The fourth-order valence-corrected chi connectivity index (χ4v) is 3.63. The SMILES string of the molecule is Cc1ccc(C)c(N(CCCC(=O)NCc2ccccn2)S(C)(=O)=O)c1. The molecule has 0 bridgehead atoms. The Balaban J connectivity index is 1.94. The zero-order valence-electron chi connectivity index (χ0n) is 15.4. The maximum Gasteiger partial charge on any atom is 0.232 e. The monoisotopic (exact) mass is 375 g/mol. The Morgan fingerprint density at radius 1 is 1.19 bits per heavy atom. The number of rotatable bonds is 8. The summed E-state index contributed by atoms with van der Waals surface area (Å²) in [6, 6.07) is 11.2. The van der Waals surface area contributed by atoms with E-state index < -0.39 is 10.0 Å². The van der Waals surface area contributed by atoms with Gasteiger partial charge in [0.15, 0.2) is 0 Å². The second-order valence-corrected chi connectivity index (χ2v) is 8.23. The van der Waals surface area contributed by atoms with Gasteiger partial charge in [-0.2, -0.15) is 0 Å². The van der Waals surface area contributed by atoms with E-state index in [1.165, 1.54) is 10.6 Å². The van der Waals surface area contributed by atoms with Gasteiger partial charge in [0.05, 0.1) is 24.2 Å². The van der Waals surface area contributed by atoms with Crippen LogP contribution < -0.4 is 9.62 Å². The number of pyridine rings is 1. The minimum Gasteiger partial charge on any atom is -0.350 e. The fraction of sp³-hybridized carbons (Fsp3) is 0.368. The molecule has 0 saturated heterocycles. The molecule has 1 amide bonds. The molecule has 6 nitrogen and oxygen atoms in total. The fourth-order valence-electron chi connectivity index (χ4n) is 2.62. The summed E-state index contributed by atoms with van der Waals surface area (Å²) in [7, 11) is -3.42. The van der Waals surface area contributed by atoms with Crippen molar-refractivity contribution in [3.63, 3.8) is 0 Å². The highest BCUT2D eigenvalue weighted by Crippen LogP contribution is 2.24. The Kier molecular flexibility index (Phi) is 6.74. The minimum atomic E-state index is -3.42. The summed E-state index contributed by atoms with van der Waals surface area (Å²) in [5, 5.41) is 2.80. The third-order valence-corrected chi connectivity index (χ3v) is 5.17. The molecule has 2 aromatic rings. The summed E-state index contributed by atoms with van der Waals surface area (Å²) in [4.78, 5) is 16.1. The van der Waals surface area contributed by atoms with E-state index in [2.05, 4.69) is 10.3 Å². The third-order valence-electron chi connectivity index (χ3n) is 3.99. The van der Waals surface area contributed by atoms with E-state index in [9.17, 15) is 13.2 Å². The zero-order valence-corrected chi connectivity index (χ0v) is 16.2. The van der Waals surface area contributed by atoms with Crippen molar-refractivity contribution in [2.75, 3.05) is 17.1 Å². The molecule has 1 aromatic heterocycles. The van der Waals surface area contributed by atoms with Crippen molar-refractivity contribution < 1.29 is 13.2 Å². The highest BCUT2D eigenvalue weighted by molar-refractivity contribution is 7.92. The first kappa shape index (κ1) is 19.9. The predicted molar refractivity (Wildman–Crippen MR) is 103 cm³/mol. The van der Waals surface area contributed by atoms with Crippen molar-refractivity contribution in [2.45, 2.75) is 33.2 Å². The molecule has 1 heterocycles. The van der Waals surface area contributed by atoms with Crippen LogP contribution in [0, 0.1) is 13.8 Å². The molecule has 0 aliphatic rings. The molecule has 0 fully saturated rings. The van der Waals surface area contributed by atoms with Crippen LogP contribution in [-0.2, 0) is 21.4 Å². The molecule has 140 valence electrons. The Morgan fingerprint density at radius 3 is 2.62 bits per heavy atom. The van der Waals surface area contributed by atoms with Gasteiger partial charge >= 0.3 is 0 Å². The quantitative estimate of drug-likeness (QED) is 0.769. The van der Waals surface area contributed by atoms with E-state index in [0.717, 1.165) is 16.8 Å². The van der Waals surface area contributed by atoms with E-state index in [0.29, 0.717) is 18.7 Å². The van der Waals surface area contributed by atoms with E-state index in [1.807, 2.05) is 50.2 Å². The molecule has 0 saturated carbocycles. The third kappa shape index (κ3) is 5.84. The standard InChI is InChI=1S/C19H25N3O3S/c1-15-9-10-16(2)18(13-15)22(26(3,24)25)12-6-8-19(23)21-14-17-7-4-5-11-20-17/h4-5,7,9-11,13H,6,8,12,14H2,1-3H3,(H,21,23). The number of amides is 1. The summed E-state index contributed by atoms with van der Waals surface area (Å²) in [6.45, 7) is 4.44. The second-order valence-electron chi connectivity index (χ2n) is 6.33. The molecule has 7 heteroatoms. The van der Waals surface area contributed by atoms with Gasteiger partial charge in [-0.25, -0.2) is 8.42 Å². The van der Waals surface area contributed by atoms with E-state index in [4.69, 9.17) is 0 Å². The van der Waals surface area contributed by atoms with E-state index in [-0.39, 0.29) is 18.9 Å². The highest BCUT2D eigenvalue weighted by atomic mass is 32.2. The van der Waals surface area contributed by atoms with Crippen molar-refractivity contribution in [1.82, 2.24) is 10.3 Å². The van der Waals surface area contributed by atoms with Crippen molar-refractivity contribution in [3.05, 3.63) is 59.4 Å². The first-order valence-electron chi connectivity index (χ1n) is 8.49. The van der Waals surface area contributed by atoms with Gasteiger partial charge in [0, 0.05) is 19.2 Å². The highest BCUT2D eigenvalue weighted by Gasteiger charge is 2.19. The minimum absolute atomic E-state index is 0.120. The van der Waals surface area contributed by atoms with Gasteiger partial charge < -0.3 is 5.32 Å². The summed E-state index contributed by atoms with van der Waals surface area (Å²) in [6.07, 6.45) is 3.56. The number of carbonyl (C=O) groups excluding carboxylic acids is 1. The normalized spacial score (nSPS) is 11.2. The molecule has 0 aliphatic heterocycles. The number of nitrogens with zero attached hydrogens (tertiary/aromatic N) is 2. The van der Waals surface area contributed by atoms with Crippen molar-refractivity contribution in [1.29, 1.82) is 0 Å². The summed E-state index contributed by atoms with van der Waals surface area (Å²) in [5.41, 5.74) is 3.34. The number of hydrogen-bond acceptors (Lipinski definition) is 4. The van der Waals surface area contributed by atoms with Crippen LogP contribution in [0.1, 0.15) is 29.7 Å². The molecule has 0 atom stereocenters. The number of nitrogens with one attached hydrogen (secondary N) is 1. The number of hydrogen-bond donors (Lipinski definition) is 1. The average Bonchev–Trinajstić information content (AvgIpc) is 2.59. The van der Waals surface area contributed by atoms with Crippen molar-refractivity contribution in [2.24, 2.45) is 0 Å². The van der Waals surface area contributed by atoms with E-state index >= 15 is 0 Å². The summed E-state index contributed by atoms with van der Waals surface area (Å²) >= 11 is 0. The zero-order chi connectivity index (χ0) is 19.2. The van der Waals surface area contributed by atoms with Gasteiger partial charge in [0.2, 0.25) is 15.9 Å². The number of anilines is 1. The first-order valence-corrected chi connectivity index (χ1v) is 10.3. The lowest BCUT2D eigenvalue weighted by atomic mass is 10.1. The number of aryl methyl sites for hydroxylation is 2. The topological polar surface area (TPSA) is 79.4 Å². The van der Waals surface area contributed by atoms with Gasteiger partial charge in [-0.05, 0) is 49.6 Å². The molecule has 0 aliphatic carbocycles. The van der Waals surface area contributed by atoms with Crippen LogP contribution in [0.5, 0.6) is 0 Å². The van der Waals surface area contributed by atoms with Gasteiger partial charge in [-0.3, -0.25) is 14.1 Å². The molecular weight excluding hydrogens is 350 g/mol. The lowest BCUT2D eigenvalue weighted by molar-refractivity contribution is -0.121. The Labute approximate surface area is 155 Å². The molecule has 0 radical (unpaired) electrons. The van der Waals surface area contributed by atoms with E-state index in [1.54, 1.807) is 6.20 Å². The molecule has 0 unspecified atom stereocenters. The number of sulfonamides is 1. The Bertz CT molecular complexity index is 852.